The fourth-order valence-corrected chi connectivity index (χ4v) is 1.23. The summed E-state index contributed by atoms with van der Waals surface area (Å²) in [6.45, 7) is 1.66. The maximum Gasteiger partial charge on any atom is 0.141 e. The summed E-state index contributed by atoms with van der Waals surface area (Å²) in [4.78, 5) is 0. The van der Waals surface area contributed by atoms with E-state index in [-0.39, 0.29) is 10.0 Å². The summed E-state index contributed by atoms with van der Waals surface area (Å²) >= 11 is 2.90. The van der Waals surface area contributed by atoms with Crippen molar-refractivity contribution >= 4 is 15.9 Å². The normalized spacial score (nSPS) is 10.2. The van der Waals surface area contributed by atoms with Crippen molar-refractivity contribution < 1.29 is 8.78 Å². The highest BCUT2D eigenvalue weighted by molar-refractivity contribution is 9.10. The van der Waals surface area contributed by atoms with Gasteiger partial charge in [0.15, 0.2) is 0 Å². The Labute approximate surface area is 72.4 Å². The van der Waals surface area contributed by atoms with Crippen molar-refractivity contribution in [3.05, 3.63) is 40.2 Å². The number of hydrogen-bond acceptors (Lipinski definition) is 0. The van der Waals surface area contributed by atoms with Gasteiger partial charge in [0, 0.05) is 0 Å². The van der Waals surface area contributed by atoms with E-state index in [1.54, 1.807) is 6.92 Å². The van der Waals surface area contributed by atoms with E-state index in [4.69, 9.17) is 0 Å². The zero-order valence-corrected chi connectivity index (χ0v) is 7.45. The van der Waals surface area contributed by atoms with Crippen LogP contribution in [0.5, 0.6) is 0 Å². The van der Waals surface area contributed by atoms with Gasteiger partial charge in [0.1, 0.15) is 11.6 Å². The van der Waals surface area contributed by atoms with Gasteiger partial charge in [0.2, 0.25) is 0 Å². The van der Waals surface area contributed by atoms with Crippen molar-refractivity contribution in [2.75, 3.05) is 0 Å². The molecule has 0 aliphatic heterocycles. The maximum absolute atomic E-state index is 12.9. The summed E-state index contributed by atoms with van der Waals surface area (Å²) in [6.07, 6.45) is 1.52. The highest BCUT2D eigenvalue weighted by Gasteiger charge is 2.06. The Kier molecular flexibility index (Phi) is 2.60. The lowest BCUT2D eigenvalue weighted by Crippen LogP contribution is -1.89. The van der Waals surface area contributed by atoms with Crippen LogP contribution >= 0.6 is 15.9 Å². The first kappa shape index (κ1) is 8.65. The van der Waals surface area contributed by atoms with Crippen LogP contribution in [-0.2, 0) is 0 Å². The molecular formula is C8H6BrF2. The van der Waals surface area contributed by atoms with Crippen molar-refractivity contribution in [3.63, 3.8) is 0 Å². The van der Waals surface area contributed by atoms with Gasteiger partial charge in [-0.15, -0.1) is 0 Å². The second-order valence-electron chi connectivity index (χ2n) is 2.08. The van der Waals surface area contributed by atoms with Crippen molar-refractivity contribution in [2.24, 2.45) is 0 Å². The molecule has 0 aliphatic carbocycles. The molecule has 0 spiro atoms. The van der Waals surface area contributed by atoms with E-state index in [0.717, 1.165) is 12.1 Å². The Morgan fingerprint density at radius 3 is 2.55 bits per heavy atom. The van der Waals surface area contributed by atoms with E-state index in [0.29, 0.717) is 0 Å². The van der Waals surface area contributed by atoms with Crippen LogP contribution in [0.25, 0.3) is 0 Å². The van der Waals surface area contributed by atoms with Gasteiger partial charge in [0.25, 0.3) is 0 Å². The minimum atomic E-state index is -0.439. The lowest BCUT2D eigenvalue weighted by Gasteiger charge is -2.00. The summed E-state index contributed by atoms with van der Waals surface area (Å²) in [6, 6.07) is 2.25. The molecule has 0 aliphatic rings. The number of rotatable bonds is 1. The van der Waals surface area contributed by atoms with Crippen molar-refractivity contribution in [3.8, 4) is 0 Å². The predicted octanol–water partition coefficient (Wildman–Crippen LogP) is 3.30. The van der Waals surface area contributed by atoms with Crippen LogP contribution in [0, 0.1) is 18.1 Å². The maximum atomic E-state index is 12.9. The Balaban J connectivity index is 3.24. The van der Waals surface area contributed by atoms with E-state index in [9.17, 15) is 8.78 Å². The fraction of sp³-hybridized carbons (Fsp3) is 0.125. The van der Waals surface area contributed by atoms with E-state index in [2.05, 4.69) is 15.9 Å². The molecule has 1 aromatic carbocycles. The van der Waals surface area contributed by atoms with Crippen LogP contribution in [0.1, 0.15) is 12.5 Å². The van der Waals surface area contributed by atoms with Crippen LogP contribution in [-0.4, -0.2) is 0 Å². The smallest absolute Gasteiger partial charge is 0.141 e. The predicted molar refractivity (Wildman–Crippen MR) is 43.1 cm³/mol. The molecule has 1 aromatic rings. The Morgan fingerprint density at radius 1 is 1.36 bits per heavy atom. The van der Waals surface area contributed by atoms with Gasteiger partial charge in [-0.3, -0.25) is 0 Å². The molecule has 0 fully saturated rings. The summed E-state index contributed by atoms with van der Waals surface area (Å²) in [5.41, 5.74) is 0.275. The van der Waals surface area contributed by atoms with Crippen molar-refractivity contribution in [2.45, 2.75) is 6.92 Å². The summed E-state index contributed by atoms with van der Waals surface area (Å²) in [5, 5.41) is 0. The number of hydrogen-bond donors (Lipinski definition) is 0. The third-order valence-corrected chi connectivity index (χ3v) is 1.91. The van der Waals surface area contributed by atoms with Crippen LogP contribution < -0.4 is 0 Å². The third kappa shape index (κ3) is 1.77. The quantitative estimate of drug-likeness (QED) is 0.637. The second-order valence-corrected chi connectivity index (χ2v) is 2.93. The van der Waals surface area contributed by atoms with E-state index >= 15 is 0 Å². The number of benzene rings is 1. The average molecular weight is 220 g/mol. The molecule has 0 saturated carbocycles. The second kappa shape index (κ2) is 3.30. The van der Waals surface area contributed by atoms with Gasteiger partial charge in [-0.05, 0) is 40.0 Å². The summed E-state index contributed by atoms with van der Waals surface area (Å²) in [5.74, 6) is -0.861. The van der Waals surface area contributed by atoms with Gasteiger partial charge in [-0.2, -0.15) is 0 Å². The molecule has 0 atom stereocenters. The third-order valence-electron chi connectivity index (χ3n) is 1.33. The van der Waals surface area contributed by atoms with Crippen LogP contribution in [0.3, 0.4) is 0 Å². The molecule has 0 aromatic heterocycles. The highest BCUT2D eigenvalue weighted by atomic mass is 79.9. The molecule has 11 heavy (non-hydrogen) atoms. The molecule has 0 bridgehead atoms. The Morgan fingerprint density at radius 2 is 2.00 bits per heavy atom. The van der Waals surface area contributed by atoms with Crippen molar-refractivity contribution in [1.82, 2.24) is 0 Å². The van der Waals surface area contributed by atoms with Gasteiger partial charge < -0.3 is 0 Å². The summed E-state index contributed by atoms with van der Waals surface area (Å²) in [7, 11) is 0. The van der Waals surface area contributed by atoms with Gasteiger partial charge in [-0.1, -0.05) is 6.92 Å². The van der Waals surface area contributed by atoms with Gasteiger partial charge >= 0.3 is 0 Å². The van der Waals surface area contributed by atoms with E-state index in [1.165, 1.54) is 6.42 Å². The number of halogens is 3. The standard InChI is InChI=1S/C8H6BrF2/c1-2-5-3-6(10)4-7(9)8(5)11/h2-4H,1H3. The lowest BCUT2D eigenvalue weighted by atomic mass is 10.1. The average Bonchev–Trinajstić information content (AvgIpc) is 1.96. The molecule has 59 valence electrons. The molecule has 1 rings (SSSR count). The van der Waals surface area contributed by atoms with Gasteiger partial charge in [-0.25, -0.2) is 8.78 Å². The van der Waals surface area contributed by atoms with Crippen LogP contribution in [0.4, 0.5) is 8.78 Å². The van der Waals surface area contributed by atoms with E-state index in [1.807, 2.05) is 0 Å². The minimum Gasteiger partial charge on any atom is -0.207 e. The molecule has 1 radical (unpaired) electrons. The molecule has 0 saturated heterocycles. The first-order valence-electron chi connectivity index (χ1n) is 3.09. The van der Waals surface area contributed by atoms with Crippen molar-refractivity contribution in [1.29, 1.82) is 0 Å². The topological polar surface area (TPSA) is 0 Å². The highest BCUT2D eigenvalue weighted by Crippen LogP contribution is 2.21. The van der Waals surface area contributed by atoms with Crippen LogP contribution in [0.2, 0.25) is 0 Å². The zero-order chi connectivity index (χ0) is 8.43. The lowest BCUT2D eigenvalue weighted by molar-refractivity contribution is 0.588. The first-order chi connectivity index (χ1) is 5.15. The fourth-order valence-electron chi connectivity index (χ4n) is 0.786. The van der Waals surface area contributed by atoms with Crippen LogP contribution in [0.15, 0.2) is 16.6 Å². The zero-order valence-electron chi connectivity index (χ0n) is 5.87. The molecule has 0 amide bonds. The Hall–Kier alpha value is -0.440. The first-order valence-corrected chi connectivity index (χ1v) is 3.88. The molecule has 3 heteroatoms. The largest absolute Gasteiger partial charge is 0.207 e. The summed E-state index contributed by atoms with van der Waals surface area (Å²) < 4.78 is 25.7. The molecule has 0 heterocycles. The molecule has 0 unspecified atom stereocenters. The molecule has 0 nitrogen and oxygen atoms in total. The SMILES string of the molecule is C[CH]c1cc(F)cc(Br)c1F. The Bertz CT molecular complexity index is 271. The monoisotopic (exact) mass is 219 g/mol. The van der Waals surface area contributed by atoms with E-state index < -0.39 is 11.6 Å². The van der Waals surface area contributed by atoms with Gasteiger partial charge in [0.05, 0.1) is 4.47 Å². The minimum absolute atomic E-state index is 0.158. The molecule has 0 N–H and O–H groups in total. The molecular weight excluding hydrogens is 214 g/mol.